The SMILES string of the molecule is CCCCC(C)(C)OC(=O)OCc1ccc(N(c2ccc(-c3ccc(-c4ccc(N(c5ccc(COC(=O)OC(C)(C)CCCC)cc5)c5cccc6ccccc56)cc4)cc3)cc2)c2cccc3ccccc23)cc1. The third kappa shape index (κ3) is 12.9. The van der Waals surface area contributed by atoms with E-state index in [1.54, 1.807) is 0 Å². The van der Waals surface area contributed by atoms with Gasteiger partial charge in [-0.3, -0.25) is 0 Å². The molecule has 0 aliphatic carbocycles. The molecule has 0 spiro atoms. The van der Waals surface area contributed by atoms with Gasteiger partial charge < -0.3 is 28.7 Å². The summed E-state index contributed by atoms with van der Waals surface area (Å²) in [6.07, 6.45) is 4.30. The molecule has 8 nitrogen and oxygen atoms in total. The Bertz CT molecular complexity index is 3130. The van der Waals surface area contributed by atoms with Gasteiger partial charge in [-0.1, -0.05) is 172 Å². The van der Waals surface area contributed by atoms with Gasteiger partial charge in [0.05, 0.1) is 11.4 Å². The average molecular weight is 1010 g/mol. The largest absolute Gasteiger partial charge is 0.509 e. The van der Waals surface area contributed by atoms with E-state index in [2.05, 4.69) is 206 Å². The van der Waals surface area contributed by atoms with E-state index >= 15 is 0 Å². The van der Waals surface area contributed by atoms with E-state index in [0.29, 0.717) is 0 Å². The lowest BCUT2D eigenvalue weighted by Gasteiger charge is -2.27. The van der Waals surface area contributed by atoms with Crippen LogP contribution in [-0.2, 0) is 32.2 Å². The molecule has 0 amide bonds. The van der Waals surface area contributed by atoms with Crippen LogP contribution in [0.25, 0.3) is 43.8 Å². The molecule has 9 aromatic carbocycles. The highest BCUT2D eigenvalue weighted by Crippen LogP contribution is 2.42. The Morgan fingerprint density at radius 2 is 0.684 bits per heavy atom. The minimum Gasteiger partial charge on any atom is -0.429 e. The van der Waals surface area contributed by atoms with E-state index in [0.717, 1.165) is 128 Å². The molecule has 0 saturated carbocycles. The molecular weight excluding hydrogens is 941 g/mol. The minimum absolute atomic E-state index is 0.119. The number of nitrogens with zero attached hydrogens (tertiary/aromatic N) is 2. The highest BCUT2D eigenvalue weighted by Gasteiger charge is 2.25. The fourth-order valence-electron chi connectivity index (χ4n) is 9.71. The van der Waals surface area contributed by atoms with Gasteiger partial charge in [-0.05, 0) is 158 Å². The van der Waals surface area contributed by atoms with Crippen molar-refractivity contribution >= 4 is 68.0 Å². The minimum atomic E-state index is -0.654. The quantitative estimate of drug-likeness (QED) is 0.0699. The average Bonchev–Trinajstić information content (AvgIpc) is 3.44. The van der Waals surface area contributed by atoms with Crippen molar-refractivity contribution in [1.82, 2.24) is 0 Å². The lowest BCUT2D eigenvalue weighted by molar-refractivity contribution is -0.0255. The molecule has 0 saturated heterocycles. The van der Waals surface area contributed by atoms with Crippen molar-refractivity contribution in [3.05, 3.63) is 217 Å². The summed E-state index contributed by atoms with van der Waals surface area (Å²) in [5.41, 5.74) is 11.1. The predicted octanol–water partition coefficient (Wildman–Crippen LogP) is 19.5. The summed E-state index contributed by atoms with van der Waals surface area (Å²) in [5, 5.41) is 4.58. The molecule has 0 radical (unpaired) electrons. The van der Waals surface area contributed by atoms with Gasteiger partial charge >= 0.3 is 12.3 Å². The smallest absolute Gasteiger partial charge is 0.429 e. The molecule has 386 valence electrons. The van der Waals surface area contributed by atoms with E-state index in [1.807, 2.05) is 52.0 Å². The Morgan fingerprint density at radius 1 is 0.382 bits per heavy atom. The number of ether oxygens (including phenoxy) is 4. The predicted molar refractivity (Wildman–Crippen MR) is 311 cm³/mol. The first kappa shape index (κ1) is 52.5. The molecule has 0 atom stereocenters. The van der Waals surface area contributed by atoms with Gasteiger partial charge in [0.1, 0.15) is 24.4 Å². The Morgan fingerprint density at radius 3 is 1.03 bits per heavy atom. The van der Waals surface area contributed by atoms with Crippen LogP contribution in [0.15, 0.2) is 206 Å². The normalized spacial score (nSPS) is 11.6. The number of hydrogen-bond donors (Lipinski definition) is 0. The second-order valence-electron chi connectivity index (χ2n) is 20.7. The van der Waals surface area contributed by atoms with Crippen LogP contribution in [0.3, 0.4) is 0 Å². The fourth-order valence-corrected chi connectivity index (χ4v) is 9.71. The first-order valence-corrected chi connectivity index (χ1v) is 26.6. The Labute approximate surface area is 448 Å². The van der Waals surface area contributed by atoms with Crippen molar-refractivity contribution in [3.63, 3.8) is 0 Å². The van der Waals surface area contributed by atoms with Gasteiger partial charge in [0.15, 0.2) is 0 Å². The maximum atomic E-state index is 12.6. The zero-order valence-electron chi connectivity index (χ0n) is 44.6. The first-order chi connectivity index (χ1) is 36.9. The number of benzene rings is 9. The maximum absolute atomic E-state index is 12.6. The summed E-state index contributed by atoms with van der Waals surface area (Å²) in [4.78, 5) is 29.8. The molecule has 8 heteroatoms. The summed E-state index contributed by atoms with van der Waals surface area (Å²) in [6, 6.07) is 72.1. The molecule has 0 aromatic heterocycles. The second-order valence-corrected chi connectivity index (χ2v) is 20.7. The summed E-state index contributed by atoms with van der Waals surface area (Å²) in [5.74, 6) is 0. The molecule has 0 heterocycles. The van der Waals surface area contributed by atoms with Crippen LogP contribution in [0, 0.1) is 0 Å². The number of anilines is 6. The zero-order chi connectivity index (χ0) is 53.1. The maximum Gasteiger partial charge on any atom is 0.509 e. The third-order valence-electron chi connectivity index (χ3n) is 13.9. The van der Waals surface area contributed by atoms with Crippen molar-refractivity contribution < 1.29 is 28.5 Å². The molecule has 0 bridgehead atoms. The fraction of sp³-hybridized carbons (Fsp3) is 0.235. The Kier molecular flexibility index (Phi) is 16.5. The summed E-state index contributed by atoms with van der Waals surface area (Å²) < 4.78 is 22.4. The zero-order valence-corrected chi connectivity index (χ0v) is 44.6. The topological polar surface area (TPSA) is 77.5 Å². The number of carbonyl (C=O) groups excluding carboxylic acids is 2. The lowest BCUT2D eigenvalue weighted by atomic mass is 9.99. The number of unbranched alkanes of at least 4 members (excludes halogenated alkanes) is 2. The van der Waals surface area contributed by atoms with Gasteiger partial charge in [0.25, 0.3) is 0 Å². The van der Waals surface area contributed by atoms with E-state index in [1.165, 1.54) is 0 Å². The molecule has 9 rings (SSSR count). The summed E-state index contributed by atoms with van der Waals surface area (Å²) in [6.45, 7) is 12.2. The number of carbonyl (C=O) groups is 2. The van der Waals surface area contributed by atoms with Crippen LogP contribution in [0.2, 0.25) is 0 Å². The van der Waals surface area contributed by atoms with E-state index < -0.39 is 23.5 Å². The lowest BCUT2D eigenvalue weighted by Crippen LogP contribution is -2.28. The van der Waals surface area contributed by atoms with Gasteiger partial charge in [-0.2, -0.15) is 0 Å². The van der Waals surface area contributed by atoms with Gasteiger partial charge in [0, 0.05) is 33.5 Å². The van der Waals surface area contributed by atoms with Crippen LogP contribution in [0.5, 0.6) is 0 Å². The summed E-state index contributed by atoms with van der Waals surface area (Å²) >= 11 is 0. The number of fused-ring (bicyclic) bond motifs is 2. The molecule has 0 aliphatic heterocycles. The Hall–Kier alpha value is -8.36. The van der Waals surface area contributed by atoms with E-state index in [4.69, 9.17) is 18.9 Å². The monoisotopic (exact) mass is 1010 g/mol. The summed E-state index contributed by atoms with van der Waals surface area (Å²) in [7, 11) is 0. The second kappa shape index (κ2) is 23.9. The van der Waals surface area contributed by atoms with Crippen molar-refractivity contribution in [1.29, 1.82) is 0 Å². The van der Waals surface area contributed by atoms with E-state index in [9.17, 15) is 9.59 Å². The van der Waals surface area contributed by atoms with Crippen LogP contribution in [0.1, 0.15) is 91.2 Å². The molecule has 76 heavy (non-hydrogen) atoms. The van der Waals surface area contributed by atoms with Crippen LogP contribution < -0.4 is 9.80 Å². The standard InChI is InChI=1S/C68H68N2O6/c1-7-9-45-67(3,4)75-65(71)73-47-49-25-37-57(38-26-49)69(63-23-15-19-55-17-11-13-21-61(55)63)59-41-33-53(34-42-59)51-29-31-52(32-30-51)54-35-43-60(44-36-54)70(64-24-16-20-56-18-12-14-22-62(56)64)58-39-27-50(28-40-58)48-74-66(72)76-68(5,6)46-10-8-2/h11-44H,7-10,45-48H2,1-6H3. The van der Waals surface area contributed by atoms with Gasteiger partial charge in [-0.15, -0.1) is 0 Å². The van der Waals surface area contributed by atoms with Crippen molar-refractivity contribution in [2.75, 3.05) is 9.80 Å². The van der Waals surface area contributed by atoms with Crippen molar-refractivity contribution in [2.45, 2.75) is 104 Å². The molecule has 0 N–H and O–H groups in total. The van der Waals surface area contributed by atoms with Gasteiger partial charge in [-0.25, -0.2) is 9.59 Å². The van der Waals surface area contributed by atoms with Crippen molar-refractivity contribution in [3.8, 4) is 22.3 Å². The van der Waals surface area contributed by atoms with Gasteiger partial charge in [0.2, 0.25) is 0 Å². The highest BCUT2D eigenvalue weighted by molar-refractivity contribution is 6.00. The highest BCUT2D eigenvalue weighted by atomic mass is 16.7. The first-order valence-electron chi connectivity index (χ1n) is 26.6. The number of rotatable bonds is 20. The molecule has 9 aromatic rings. The van der Waals surface area contributed by atoms with Crippen molar-refractivity contribution in [2.24, 2.45) is 0 Å². The van der Waals surface area contributed by atoms with Crippen LogP contribution in [0.4, 0.5) is 43.7 Å². The van der Waals surface area contributed by atoms with Crippen LogP contribution >= 0.6 is 0 Å². The molecule has 0 unspecified atom stereocenters. The van der Waals surface area contributed by atoms with Crippen LogP contribution in [-0.4, -0.2) is 23.5 Å². The van der Waals surface area contributed by atoms with E-state index in [-0.39, 0.29) is 13.2 Å². The Balaban J connectivity index is 0.923. The number of hydrogen-bond acceptors (Lipinski definition) is 8. The molecular formula is C68H68N2O6. The molecule has 0 aliphatic rings. The molecule has 0 fully saturated rings. The third-order valence-corrected chi connectivity index (χ3v) is 13.9.